The number of anilines is 1. The van der Waals surface area contributed by atoms with E-state index in [0.717, 1.165) is 47.0 Å². The molecule has 1 unspecified atom stereocenters. The number of nitrogens with zero attached hydrogens (tertiary/aromatic N) is 3. The third kappa shape index (κ3) is 3.70. The van der Waals surface area contributed by atoms with Crippen LogP contribution in [0.1, 0.15) is 24.0 Å². The summed E-state index contributed by atoms with van der Waals surface area (Å²) in [5.74, 6) is 0.142. The van der Waals surface area contributed by atoms with Gasteiger partial charge in [0.2, 0.25) is 5.91 Å². The van der Waals surface area contributed by atoms with Crippen LogP contribution in [-0.2, 0) is 11.3 Å². The van der Waals surface area contributed by atoms with Gasteiger partial charge in [-0.2, -0.15) is 0 Å². The molecule has 1 amide bonds. The molecule has 3 aromatic rings. The number of fused-ring (bicyclic) bond motifs is 1. The second-order valence-electron chi connectivity index (χ2n) is 6.81. The first kappa shape index (κ1) is 17.0. The van der Waals surface area contributed by atoms with Gasteiger partial charge in [-0.1, -0.05) is 41.2 Å². The number of hydrogen-bond acceptors (Lipinski definition) is 5. The van der Waals surface area contributed by atoms with E-state index < -0.39 is 0 Å². The van der Waals surface area contributed by atoms with Gasteiger partial charge < -0.3 is 10.2 Å². The van der Waals surface area contributed by atoms with Gasteiger partial charge in [0.1, 0.15) is 10.3 Å². The Kier molecular flexibility index (Phi) is 4.84. The van der Waals surface area contributed by atoms with Crippen LogP contribution < -0.4 is 10.2 Å². The van der Waals surface area contributed by atoms with Crippen molar-refractivity contribution in [2.45, 2.75) is 26.3 Å². The molecule has 0 saturated carbocycles. The molecule has 3 heterocycles. The molecule has 2 aromatic heterocycles. The van der Waals surface area contributed by atoms with Crippen LogP contribution in [0.15, 0.2) is 42.6 Å². The fourth-order valence-electron chi connectivity index (χ4n) is 3.30. The number of aromatic nitrogens is 2. The fraction of sp³-hybridized carbons (Fsp3) is 0.350. The number of piperidine rings is 1. The molecule has 1 atom stereocenters. The zero-order chi connectivity index (χ0) is 17.9. The van der Waals surface area contributed by atoms with Crippen LogP contribution in [0.3, 0.4) is 0 Å². The molecule has 0 radical (unpaired) electrons. The van der Waals surface area contributed by atoms with Gasteiger partial charge in [0, 0.05) is 25.8 Å². The maximum Gasteiger partial charge on any atom is 0.225 e. The summed E-state index contributed by atoms with van der Waals surface area (Å²) >= 11 is 1.60. The number of thiazole rings is 1. The van der Waals surface area contributed by atoms with Gasteiger partial charge in [-0.15, -0.1) is 0 Å². The van der Waals surface area contributed by atoms with Gasteiger partial charge in [0.05, 0.1) is 5.92 Å². The third-order valence-electron chi connectivity index (χ3n) is 4.81. The smallest absolute Gasteiger partial charge is 0.225 e. The Labute approximate surface area is 157 Å². The maximum absolute atomic E-state index is 12.6. The average Bonchev–Trinajstić information content (AvgIpc) is 3.12. The van der Waals surface area contributed by atoms with Crippen LogP contribution in [0.4, 0.5) is 5.13 Å². The molecule has 1 aliphatic rings. The first-order valence-electron chi connectivity index (χ1n) is 8.99. The molecule has 1 aromatic carbocycles. The Hall–Kier alpha value is -2.47. The minimum atomic E-state index is 0.00849. The van der Waals surface area contributed by atoms with E-state index in [1.54, 1.807) is 17.5 Å². The molecule has 1 N–H and O–H groups in total. The molecule has 1 fully saturated rings. The highest BCUT2D eigenvalue weighted by Crippen LogP contribution is 2.30. The summed E-state index contributed by atoms with van der Waals surface area (Å²) < 4.78 is 0. The number of aryl methyl sites for hydroxylation is 1. The number of benzene rings is 1. The topological polar surface area (TPSA) is 58.1 Å². The molecular formula is C20H22N4OS. The molecule has 4 rings (SSSR count). The number of amides is 1. The van der Waals surface area contributed by atoms with Crippen LogP contribution in [-0.4, -0.2) is 29.0 Å². The lowest BCUT2D eigenvalue weighted by atomic mass is 9.97. The zero-order valence-electron chi connectivity index (χ0n) is 14.8. The Morgan fingerprint density at radius 2 is 2.15 bits per heavy atom. The molecule has 0 aliphatic carbocycles. The summed E-state index contributed by atoms with van der Waals surface area (Å²) in [4.78, 5) is 24.9. The van der Waals surface area contributed by atoms with Crippen molar-refractivity contribution >= 4 is 32.7 Å². The molecule has 134 valence electrons. The van der Waals surface area contributed by atoms with Crippen LogP contribution in [0.2, 0.25) is 0 Å². The molecule has 0 spiro atoms. The Balaban J connectivity index is 1.39. The first-order chi connectivity index (χ1) is 12.7. The van der Waals surface area contributed by atoms with Crippen molar-refractivity contribution in [3.63, 3.8) is 0 Å². The number of hydrogen-bond donors (Lipinski definition) is 1. The highest BCUT2D eigenvalue weighted by atomic mass is 32.1. The summed E-state index contributed by atoms with van der Waals surface area (Å²) in [7, 11) is 0. The van der Waals surface area contributed by atoms with Crippen molar-refractivity contribution in [3.05, 3.63) is 53.7 Å². The number of carbonyl (C=O) groups is 1. The molecule has 0 bridgehead atoms. The second kappa shape index (κ2) is 7.41. The quantitative estimate of drug-likeness (QED) is 0.767. The van der Waals surface area contributed by atoms with E-state index in [4.69, 9.17) is 0 Å². The van der Waals surface area contributed by atoms with E-state index in [0.29, 0.717) is 6.54 Å². The van der Waals surface area contributed by atoms with Crippen LogP contribution in [0.5, 0.6) is 0 Å². The standard InChI is InChI=1S/C20H22N4OS/c1-14-6-8-15(9-7-14)12-22-18(25)16-4-3-11-24(13-16)20-23-17-5-2-10-21-19(17)26-20/h2,5-10,16H,3-4,11-13H2,1H3,(H,22,25). The van der Waals surface area contributed by atoms with Crippen LogP contribution in [0, 0.1) is 12.8 Å². The minimum Gasteiger partial charge on any atom is -0.352 e. The van der Waals surface area contributed by atoms with E-state index in [-0.39, 0.29) is 11.8 Å². The van der Waals surface area contributed by atoms with Crippen molar-refractivity contribution in [1.29, 1.82) is 0 Å². The fourth-order valence-corrected chi connectivity index (χ4v) is 4.24. The van der Waals surface area contributed by atoms with E-state index >= 15 is 0 Å². The molecule has 26 heavy (non-hydrogen) atoms. The second-order valence-corrected chi connectivity index (χ2v) is 7.77. The minimum absolute atomic E-state index is 0.00849. The van der Waals surface area contributed by atoms with Crippen molar-refractivity contribution in [2.75, 3.05) is 18.0 Å². The Morgan fingerprint density at radius 1 is 1.31 bits per heavy atom. The lowest BCUT2D eigenvalue weighted by molar-refractivity contribution is -0.125. The summed E-state index contributed by atoms with van der Waals surface area (Å²) in [6.07, 6.45) is 3.73. The summed E-state index contributed by atoms with van der Waals surface area (Å²) in [6.45, 7) is 4.32. The van der Waals surface area contributed by atoms with Crippen molar-refractivity contribution in [1.82, 2.24) is 15.3 Å². The van der Waals surface area contributed by atoms with Crippen LogP contribution >= 0.6 is 11.3 Å². The molecule has 5 nitrogen and oxygen atoms in total. The van der Waals surface area contributed by atoms with Crippen molar-refractivity contribution in [2.24, 2.45) is 5.92 Å². The SMILES string of the molecule is Cc1ccc(CNC(=O)C2CCCN(c3nc4cccnc4s3)C2)cc1. The molecular weight excluding hydrogens is 344 g/mol. The van der Waals surface area contributed by atoms with Gasteiger partial charge in [0.25, 0.3) is 0 Å². The molecule has 1 aliphatic heterocycles. The number of nitrogens with one attached hydrogen (secondary N) is 1. The Bertz CT molecular complexity index is 873. The maximum atomic E-state index is 12.6. The van der Waals surface area contributed by atoms with E-state index in [1.165, 1.54) is 5.56 Å². The van der Waals surface area contributed by atoms with E-state index in [9.17, 15) is 4.79 Å². The van der Waals surface area contributed by atoms with Gasteiger partial charge in [-0.25, -0.2) is 9.97 Å². The third-order valence-corrected chi connectivity index (χ3v) is 5.85. The normalized spacial score (nSPS) is 17.4. The monoisotopic (exact) mass is 366 g/mol. The van der Waals surface area contributed by atoms with E-state index in [2.05, 4.69) is 51.4 Å². The summed E-state index contributed by atoms with van der Waals surface area (Å²) in [5.41, 5.74) is 3.29. The van der Waals surface area contributed by atoms with Crippen molar-refractivity contribution in [3.8, 4) is 0 Å². The van der Waals surface area contributed by atoms with Gasteiger partial charge in [0.15, 0.2) is 5.13 Å². The summed E-state index contributed by atoms with van der Waals surface area (Å²) in [6, 6.07) is 12.2. The average molecular weight is 366 g/mol. The lowest BCUT2D eigenvalue weighted by Gasteiger charge is -2.31. The van der Waals surface area contributed by atoms with E-state index in [1.807, 2.05) is 12.1 Å². The number of pyridine rings is 1. The highest BCUT2D eigenvalue weighted by molar-refractivity contribution is 7.21. The van der Waals surface area contributed by atoms with Crippen LogP contribution in [0.25, 0.3) is 10.3 Å². The summed E-state index contributed by atoms with van der Waals surface area (Å²) in [5, 5.41) is 4.06. The highest BCUT2D eigenvalue weighted by Gasteiger charge is 2.27. The largest absolute Gasteiger partial charge is 0.352 e. The predicted molar refractivity (Wildman–Crippen MR) is 105 cm³/mol. The van der Waals surface area contributed by atoms with Crippen molar-refractivity contribution < 1.29 is 4.79 Å². The molecule has 1 saturated heterocycles. The molecule has 6 heteroatoms. The zero-order valence-corrected chi connectivity index (χ0v) is 15.6. The first-order valence-corrected chi connectivity index (χ1v) is 9.80. The Morgan fingerprint density at radius 3 is 2.96 bits per heavy atom. The van der Waals surface area contributed by atoms with Gasteiger partial charge in [-0.3, -0.25) is 4.79 Å². The van der Waals surface area contributed by atoms with Gasteiger partial charge >= 0.3 is 0 Å². The lowest BCUT2D eigenvalue weighted by Crippen LogP contribution is -2.42. The number of rotatable bonds is 4. The van der Waals surface area contributed by atoms with Gasteiger partial charge in [-0.05, 0) is 37.5 Å². The number of carbonyl (C=O) groups excluding carboxylic acids is 1. The predicted octanol–water partition coefficient (Wildman–Crippen LogP) is 3.53.